The zero-order valence-corrected chi connectivity index (χ0v) is 23.6. The summed E-state index contributed by atoms with van der Waals surface area (Å²) in [7, 11) is 1.74. The molecule has 2 atom stereocenters. The molecule has 2 saturated heterocycles. The Morgan fingerprint density at radius 1 is 1.14 bits per heavy atom. The summed E-state index contributed by atoms with van der Waals surface area (Å²) < 4.78 is 7.70. The average Bonchev–Trinajstić information content (AvgIpc) is 3.38. The third-order valence-corrected chi connectivity index (χ3v) is 8.50. The number of nitrogens with one attached hydrogen (secondary N) is 1. The highest BCUT2D eigenvalue weighted by Gasteiger charge is 2.42. The van der Waals surface area contributed by atoms with Gasteiger partial charge < -0.3 is 24.4 Å². The number of thiocarbonyl (C=S) groups is 1. The maximum Gasteiger partial charge on any atom is 0.174 e. The predicted molar refractivity (Wildman–Crippen MR) is 156 cm³/mol. The first-order valence-corrected chi connectivity index (χ1v) is 13.9. The van der Waals surface area contributed by atoms with Crippen LogP contribution < -0.4 is 15.1 Å². The van der Waals surface area contributed by atoms with Gasteiger partial charge >= 0.3 is 0 Å². The summed E-state index contributed by atoms with van der Waals surface area (Å²) in [5.74, 6) is 0.773. The van der Waals surface area contributed by atoms with Crippen molar-refractivity contribution in [2.24, 2.45) is 5.92 Å². The lowest BCUT2D eigenvalue weighted by Gasteiger charge is -2.33. The van der Waals surface area contributed by atoms with Crippen molar-refractivity contribution >= 4 is 40.3 Å². The molecule has 8 heteroatoms. The molecule has 4 heterocycles. The van der Waals surface area contributed by atoms with Crippen LogP contribution in [0.15, 0.2) is 48.7 Å². The Bertz CT molecular complexity index is 1250. The lowest BCUT2D eigenvalue weighted by Crippen LogP contribution is -2.33. The third-order valence-electron chi connectivity index (χ3n) is 7.88. The molecule has 2 fully saturated rings. The number of halogens is 1. The number of benzene rings is 1. The number of ether oxygens (including phenoxy) is 1. The number of anilines is 2. The van der Waals surface area contributed by atoms with Gasteiger partial charge in [0.15, 0.2) is 5.11 Å². The SMILES string of the molecule is COCCn1c(C)cc(C2C(c3ccccn3)NC(=S)N2c2ccc(N3CCC(C)CC3)c(Cl)c2)c1C. The van der Waals surface area contributed by atoms with E-state index in [9.17, 15) is 0 Å². The molecule has 2 aliphatic heterocycles. The summed E-state index contributed by atoms with van der Waals surface area (Å²) in [6.07, 6.45) is 4.24. The summed E-state index contributed by atoms with van der Waals surface area (Å²) in [5, 5.41) is 5.02. The highest BCUT2D eigenvalue weighted by Crippen LogP contribution is 2.44. The van der Waals surface area contributed by atoms with E-state index in [1.54, 1.807) is 7.11 Å². The fourth-order valence-corrected chi connectivity index (χ4v) is 6.39. The number of hydrogen-bond donors (Lipinski definition) is 1. The van der Waals surface area contributed by atoms with E-state index in [-0.39, 0.29) is 12.1 Å². The topological polar surface area (TPSA) is 45.6 Å². The van der Waals surface area contributed by atoms with Gasteiger partial charge in [-0.3, -0.25) is 4.98 Å². The molecule has 2 unspecified atom stereocenters. The van der Waals surface area contributed by atoms with Gasteiger partial charge in [0.2, 0.25) is 0 Å². The number of aryl methyl sites for hydroxylation is 1. The van der Waals surface area contributed by atoms with Crippen LogP contribution in [0.1, 0.15) is 54.5 Å². The largest absolute Gasteiger partial charge is 0.383 e. The van der Waals surface area contributed by atoms with Gasteiger partial charge in [0.05, 0.1) is 35.1 Å². The van der Waals surface area contributed by atoms with Crippen molar-refractivity contribution in [2.75, 3.05) is 36.6 Å². The maximum atomic E-state index is 6.93. The molecule has 1 aromatic carbocycles. The lowest BCUT2D eigenvalue weighted by atomic mass is 9.96. The summed E-state index contributed by atoms with van der Waals surface area (Å²) in [6.45, 7) is 10.2. The maximum absolute atomic E-state index is 6.93. The van der Waals surface area contributed by atoms with Crippen LogP contribution in [0.5, 0.6) is 0 Å². The Morgan fingerprint density at radius 2 is 1.92 bits per heavy atom. The molecular weight excluding hydrogens is 502 g/mol. The molecule has 0 radical (unpaired) electrons. The Morgan fingerprint density at radius 3 is 2.59 bits per heavy atom. The molecule has 5 rings (SSSR count). The molecule has 2 aliphatic rings. The second-order valence-electron chi connectivity index (χ2n) is 10.3. The first kappa shape index (κ1) is 26.0. The molecule has 0 amide bonds. The van der Waals surface area contributed by atoms with E-state index >= 15 is 0 Å². The van der Waals surface area contributed by atoms with Crippen LogP contribution in [-0.2, 0) is 11.3 Å². The summed E-state index contributed by atoms with van der Waals surface area (Å²) in [4.78, 5) is 9.32. The zero-order chi connectivity index (χ0) is 26.1. The molecular formula is C29H36ClN5OS. The highest BCUT2D eigenvalue weighted by molar-refractivity contribution is 7.80. The fourth-order valence-electron chi connectivity index (χ4n) is 5.75. The van der Waals surface area contributed by atoms with E-state index in [0.717, 1.165) is 47.6 Å². The van der Waals surface area contributed by atoms with Crippen LogP contribution in [0.2, 0.25) is 5.02 Å². The predicted octanol–water partition coefficient (Wildman–Crippen LogP) is 6.21. The number of pyridine rings is 1. The van der Waals surface area contributed by atoms with Crippen molar-refractivity contribution in [3.8, 4) is 0 Å². The number of nitrogens with zero attached hydrogens (tertiary/aromatic N) is 4. The smallest absolute Gasteiger partial charge is 0.174 e. The normalized spacial score (nSPS) is 20.5. The van der Waals surface area contributed by atoms with Crippen molar-refractivity contribution in [3.63, 3.8) is 0 Å². The molecule has 1 N–H and O–H groups in total. The number of rotatable bonds is 7. The molecule has 0 aliphatic carbocycles. The first-order chi connectivity index (χ1) is 17.9. The Labute approximate surface area is 230 Å². The van der Waals surface area contributed by atoms with Crippen LogP contribution >= 0.6 is 23.8 Å². The highest BCUT2D eigenvalue weighted by atomic mass is 35.5. The quantitative estimate of drug-likeness (QED) is 0.361. The van der Waals surface area contributed by atoms with Crippen molar-refractivity contribution in [1.29, 1.82) is 0 Å². The van der Waals surface area contributed by atoms with Gasteiger partial charge in [-0.2, -0.15) is 0 Å². The van der Waals surface area contributed by atoms with E-state index in [1.165, 1.54) is 29.8 Å². The first-order valence-electron chi connectivity index (χ1n) is 13.1. The Balaban J connectivity index is 1.55. The molecule has 6 nitrogen and oxygen atoms in total. The minimum Gasteiger partial charge on any atom is -0.383 e. The third kappa shape index (κ3) is 5.09. The molecule has 196 valence electrons. The minimum absolute atomic E-state index is 0.0670. The van der Waals surface area contributed by atoms with Crippen molar-refractivity contribution < 1.29 is 4.74 Å². The van der Waals surface area contributed by atoms with Gasteiger partial charge in [0.1, 0.15) is 0 Å². The summed E-state index contributed by atoms with van der Waals surface area (Å²) in [6, 6.07) is 14.5. The minimum atomic E-state index is -0.0906. The van der Waals surface area contributed by atoms with Crippen LogP contribution in [0, 0.1) is 19.8 Å². The zero-order valence-electron chi connectivity index (χ0n) is 22.1. The molecule has 3 aromatic rings. The van der Waals surface area contributed by atoms with Crippen LogP contribution in [0.25, 0.3) is 0 Å². The van der Waals surface area contributed by atoms with Crippen LogP contribution in [-0.4, -0.2) is 41.5 Å². The molecule has 0 spiro atoms. The molecule has 0 saturated carbocycles. The van der Waals surface area contributed by atoms with E-state index in [4.69, 9.17) is 33.5 Å². The van der Waals surface area contributed by atoms with E-state index in [2.05, 4.69) is 70.8 Å². The van der Waals surface area contributed by atoms with Crippen LogP contribution in [0.4, 0.5) is 11.4 Å². The number of piperidine rings is 1. The second-order valence-corrected chi connectivity index (χ2v) is 11.1. The van der Waals surface area contributed by atoms with Crippen LogP contribution in [0.3, 0.4) is 0 Å². The summed E-state index contributed by atoms with van der Waals surface area (Å²) in [5.41, 5.74) is 6.69. The summed E-state index contributed by atoms with van der Waals surface area (Å²) >= 11 is 12.9. The van der Waals surface area contributed by atoms with E-state index in [1.807, 2.05) is 18.3 Å². The van der Waals surface area contributed by atoms with Gasteiger partial charge in [-0.1, -0.05) is 24.6 Å². The monoisotopic (exact) mass is 537 g/mol. The Kier molecular flexibility index (Phi) is 7.75. The van der Waals surface area contributed by atoms with Crippen molar-refractivity contribution in [2.45, 2.75) is 52.2 Å². The van der Waals surface area contributed by atoms with Gasteiger partial charge in [0, 0.05) is 50.0 Å². The average molecular weight is 538 g/mol. The van der Waals surface area contributed by atoms with Gasteiger partial charge in [-0.05, 0) is 86.8 Å². The fraction of sp³-hybridized carbons (Fsp3) is 0.448. The van der Waals surface area contributed by atoms with Crippen molar-refractivity contribution in [1.82, 2.24) is 14.9 Å². The Hall–Kier alpha value is -2.61. The lowest BCUT2D eigenvalue weighted by molar-refractivity contribution is 0.186. The molecule has 37 heavy (non-hydrogen) atoms. The molecule has 0 bridgehead atoms. The number of aromatic nitrogens is 2. The van der Waals surface area contributed by atoms with E-state index in [0.29, 0.717) is 11.7 Å². The number of hydrogen-bond acceptors (Lipinski definition) is 4. The van der Waals surface area contributed by atoms with Gasteiger partial charge in [0.25, 0.3) is 0 Å². The van der Waals surface area contributed by atoms with Gasteiger partial charge in [-0.15, -0.1) is 0 Å². The second kappa shape index (κ2) is 11.0. The van der Waals surface area contributed by atoms with Crippen molar-refractivity contribution in [3.05, 3.63) is 76.3 Å². The molecule has 2 aromatic heterocycles. The van der Waals surface area contributed by atoms with E-state index < -0.39 is 0 Å². The standard InChI is InChI=1S/C29H36ClN5OS/c1-19-10-13-33(14-11-19)26-9-8-22(18-24(26)30)35-28(23-17-20(2)34(21(23)3)15-16-36-4)27(32-29(35)37)25-7-5-6-12-31-25/h5-9,12,17-19,27-28H,10-11,13-16H2,1-4H3,(H,32,37). The number of methoxy groups -OCH3 is 1. The van der Waals surface area contributed by atoms with Gasteiger partial charge in [-0.25, -0.2) is 0 Å².